The van der Waals surface area contributed by atoms with Gasteiger partial charge in [0.2, 0.25) is 5.91 Å². The predicted octanol–water partition coefficient (Wildman–Crippen LogP) is 2.24. The van der Waals surface area contributed by atoms with E-state index in [4.69, 9.17) is 4.74 Å². The maximum absolute atomic E-state index is 11.5. The molecule has 0 aromatic heterocycles. The van der Waals surface area contributed by atoms with Crippen molar-refractivity contribution in [1.29, 1.82) is 0 Å². The van der Waals surface area contributed by atoms with Gasteiger partial charge in [-0.25, -0.2) is 0 Å². The molecule has 19 heavy (non-hydrogen) atoms. The fourth-order valence-electron chi connectivity index (χ4n) is 2.52. The first-order valence-corrected chi connectivity index (χ1v) is 6.71. The zero-order valence-corrected chi connectivity index (χ0v) is 11.9. The summed E-state index contributed by atoms with van der Waals surface area (Å²) in [6, 6.07) is 6.15. The van der Waals surface area contributed by atoms with Gasteiger partial charge in [0.15, 0.2) is 0 Å². The molecule has 0 spiro atoms. The highest BCUT2D eigenvalue weighted by Crippen LogP contribution is 2.26. The molecule has 0 bridgehead atoms. The molecule has 4 nitrogen and oxygen atoms in total. The molecule has 0 saturated heterocycles. The second-order valence-corrected chi connectivity index (χ2v) is 5.53. The maximum atomic E-state index is 11.5. The van der Waals surface area contributed by atoms with Crippen LogP contribution in [-0.4, -0.2) is 31.1 Å². The van der Waals surface area contributed by atoms with E-state index in [-0.39, 0.29) is 12.5 Å². The van der Waals surface area contributed by atoms with Crippen LogP contribution in [0.4, 0.5) is 5.69 Å². The Morgan fingerprint density at radius 2 is 2.11 bits per heavy atom. The van der Waals surface area contributed by atoms with Gasteiger partial charge in [0.1, 0.15) is 6.61 Å². The molecule has 0 radical (unpaired) electrons. The summed E-state index contributed by atoms with van der Waals surface area (Å²) < 4.78 is 4.81. The van der Waals surface area contributed by atoms with Crippen LogP contribution in [0, 0.1) is 5.92 Å². The van der Waals surface area contributed by atoms with E-state index in [1.54, 1.807) is 0 Å². The van der Waals surface area contributed by atoms with Gasteiger partial charge in [0.25, 0.3) is 0 Å². The van der Waals surface area contributed by atoms with Crippen LogP contribution < -0.4 is 5.32 Å². The zero-order valence-electron chi connectivity index (χ0n) is 11.9. The number of fused-ring (bicyclic) bond motifs is 1. The lowest BCUT2D eigenvalue weighted by molar-refractivity contribution is -0.119. The third-order valence-electron chi connectivity index (χ3n) is 3.18. The van der Waals surface area contributed by atoms with Gasteiger partial charge >= 0.3 is 0 Å². The summed E-state index contributed by atoms with van der Waals surface area (Å²) in [5.74, 6) is 0.565. The Labute approximate surface area is 114 Å². The van der Waals surface area contributed by atoms with Crippen molar-refractivity contribution in [2.24, 2.45) is 5.92 Å². The van der Waals surface area contributed by atoms with Crippen LogP contribution >= 0.6 is 0 Å². The Morgan fingerprint density at radius 3 is 2.79 bits per heavy atom. The summed E-state index contributed by atoms with van der Waals surface area (Å²) in [6.45, 7) is 7.66. The quantitative estimate of drug-likeness (QED) is 0.885. The predicted molar refractivity (Wildman–Crippen MR) is 75.9 cm³/mol. The van der Waals surface area contributed by atoms with Crippen LogP contribution in [0.25, 0.3) is 0 Å². The van der Waals surface area contributed by atoms with Crippen molar-refractivity contribution in [2.75, 3.05) is 25.6 Å². The number of hydrogen-bond acceptors (Lipinski definition) is 3. The first kappa shape index (κ1) is 14.0. The molecule has 0 fully saturated rings. The molecular weight excluding hydrogens is 240 g/mol. The van der Waals surface area contributed by atoms with Crippen LogP contribution in [0.15, 0.2) is 18.2 Å². The average Bonchev–Trinajstić information content (AvgIpc) is 2.69. The standard InChI is InChI=1S/C15H22N2O2/c1-11(2)7-17-8-12-4-5-14(6-13(12)9-17)16-15(18)10-19-3/h4-6,11H,7-10H2,1-3H3,(H,16,18). The summed E-state index contributed by atoms with van der Waals surface area (Å²) in [5.41, 5.74) is 3.54. The number of ether oxygens (including phenoxy) is 1. The molecule has 1 aromatic rings. The minimum Gasteiger partial charge on any atom is -0.375 e. The van der Waals surface area contributed by atoms with E-state index in [0.717, 1.165) is 25.3 Å². The summed E-state index contributed by atoms with van der Waals surface area (Å²) in [4.78, 5) is 13.9. The Balaban J connectivity index is 2.00. The minimum absolute atomic E-state index is 0.0938. The molecule has 0 atom stereocenters. The highest BCUT2D eigenvalue weighted by Gasteiger charge is 2.19. The first-order chi connectivity index (χ1) is 9.08. The lowest BCUT2D eigenvalue weighted by atomic mass is 10.1. The Bertz CT molecular complexity index is 457. The van der Waals surface area contributed by atoms with Crippen LogP contribution in [-0.2, 0) is 22.6 Å². The van der Waals surface area contributed by atoms with Gasteiger partial charge in [-0.15, -0.1) is 0 Å². The summed E-state index contributed by atoms with van der Waals surface area (Å²) >= 11 is 0. The summed E-state index contributed by atoms with van der Waals surface area (Å²) in [5, 5.41) is 2.85. The SMILES string of the molecule is COCC(=O)Nc1ccc2c(c1)CN(CC(C)C)C2. The van der Waals surface area contributed by atoms with Crippen LogP contribution in [0.5, 0.6) is 0 Å². The number of rotatable bonds is 5. The molecule has 1 N–H and O–H groups in total. The third-order valence-corrected chi connectivity index (χ3v) is 3.18. The smallest absolute Gasteiger partial charge is 0.250 e. The van der Waals surface area contributed by atoms with Crippen molar-refractivity contribution in [1.82, 2.24) is 4.90 Å². The van der Waals surface area contributed by atoms with Gasteiger partial charge in [-0.2, -0.15) is 0 Å². The second kappa shape index (κ2) is 6.17. The molecule has 0 saturated carbocycles. The van der Waals surface area contributed by atoms with E-state index in [2.05, 4.69) is 36.2 Å². The molecule has 1 amide bonds. The number of carbonyl (C=O) groups is 1. The average molecular weight is 262 g/mol. The Hall–Kier alpha value is -1.39. The van der Waals surface area contributed by atoms with Gasteiger partial charge < -0.3 is 10.1 Å². The Morgan fingerprint density at radius 1 is 1.37 bits per heavy atom. The van der Waals surface area contributed by atoms with Crippen LogP contribution in [0.1, 0.15) is 25.0 Å². The number of nitrogens with one attached hydrogen (secondary N) is 1. The number of hydrogen-bond donors (Lipinski definition) is 1. The summed E-state index contributed by atoms with van der Waals surface area (Å²) in [6.07, 6.45) is 0. The molecule has 104 valence electrons. The van der Waals surface area contributed by atoms with Gasteiger partial charge in [0.05, 0.1) is 0 Å². The zero-order chi connectivity index (χ0) is 13.8. The fraction of sp³-hybridized carbons (Fsp3) is 0.533. The van der Waals surface area contributed by atoms with E-state index in [1.807, 2.05) is 6.07 Å². The maximum Gasteiger partial charge on any atom is 0.250 e. The van der Waals surface area contributed by atoms with E-state index in [0.29, 0.717) is 5.92 Å². The number of amides is 1. The fourth-order valence-corrected chi connectivity index (χ4v) is 2.52. The van der Waals surface area contributed by atoms with E-state index >= 15 is 0 Å². The number of nitrogens with zero attached hydrogens (tertiary/aromatic N) is 1. The van der Waals surface area contributed by atoms with Gasteiger partial charge in [-0.3, -0.25) is 9.69 Å². The molecule has 0 aliphatic carbocycles. The topological polar surface area (TPSA) is 41.6 Å². The first-order valence-electron chi connectivity index (χ1n) is 6.71. The molecule has 4 heteroatoms. The van der Waals surface area contributed by atoms with Crippen molar-refractivity contribution < 1.29 is 9.53 Å². The van der Waals surface area contributed by atoms with E-state index in [1.165, 1.54) is 18.2 Å². The van der Waals surface area contributed by atoms with Crippen molar-refractivity contribution >= 4 is 11.6 Å². The normalized spacial score (nSPS) is 14.7. The van der Waals surface area contributed by atoms with Crippen molar-refractivity contribution in [3.8, 4) is 0 Å². The number of anilines is 1. The van der Waals surface area contributed by atoms with Crippen molar-refractivity contribution in [3.63, 3.8) is 0 Å². The van der Waals surface area contributed by atoms with E-state index < -0.39 is 0 Å². The highest BCUT2D eigenvalue weighted by atomic mass is 16.5. The Kier molecular flexibility index (Phi) is 4.56. The van der Waals surface area contributed by atoms with Crippen molar-refractivity contribution in [3.05, 3.63) is 29.3 Å². The van der Waals surface area contributed by atoms with Gasteiger partial charge in [0, 0.05) is 32.4 Å². The van der Waals surface area contributed by atoms with Gasteiger partial charge in [-0.1, -0.05) is 19.9 Å². The summed E-state index contributed by atoms with van der Waals surface area (Å²) in [7, 11) is 1.52. The lowest BCUT2D eigenvalue weighted by Crippen LogP contribution is -2.21. The molecule has 1 aromatic carbocycles. The molecule has 1 aliphatic heterocycles. The minimum atomic E-state index is -0.112. The van der Waals surface area contributed by atoms with Crippen LogP contribution in [0.3, 0.4) is 0 Å². The molecule has 1 heterocycles. The van der Waals surface area contributed by atoms with Gasteiger partial charge in [-0.05, 0) is 29.2 Å². The largest absolute Gasteiger partial charge is 0.375 e. The number of benzene rings is 1. The monoisotopic (exact) mass is 262 g/mol. The number of methoxy groups -OCH3 is 1. The molecule has 2 rings (SSSR count). The molecular formula is C15H22N2O2. The van der Waals surface area contributed by atoms with Crippen LogP contribution in [0.2, 0.25) is 0 Å². The molecule has 1 aliphatic rings. The third kappa shape index (κ3) is 3.78. The second-order valence-electron chi connectivity index (χ2n) is 5.53. The lowest BCUT2D eigenvalue weighted by Gasteiger charge is -2.16. The highest BCUT2D eigenvalue weighted by molar-refractivity contribution is 5.91. The molecule has 0 unspecified atom stereocenters. The number of carbonyl (C=O) groups excluding carboxylic acids is 1. The van der Waals surface area contributed by atoms with Crippen molar-refractivity contribution in [2.45, 2.75) is 26.9 Å². The van der Waals surface area contributed by atoms with E-state index in [9.17, 15) is 4.79 Å².